The van der Waals surface area contributed by atoms with Gasteiger partial charge in [0, 0.05) is 0 Å². The molecule has 6 atom stereocenters. The van der Waals surface area contributed by atoms with E-state index in [1.165, 1.54) is 20.8 Å². The number of carbonyl (C=O) groups excluding carboxylic acids is 3. The van der Waals surface area contributed by atoms with Crippen molar-refractivity contribution < 1.29 is 39.6 Å². The van der Waals surface area contributed by atoms with Gasteiger partial charge in [-0.3, -0.25) is 14.4 Å². The lowest BCUT2D eigenvalue weighted by molar-refractivity contribution is -0.145. The number of carbonyl (C=O) groups is 4. The zero-order valence-corrected chi connectivity index (χ0v) is 14.7. The van der Waals surface area contributed by atoms with Crippen LogP contribution in [0.15, 0.2) is 0 Å². The molecule has 6 unspecified atom stereocenters. The van der Waals surface area contributed by atoms with Gasteiger partial charge in [-0.05, 0) is 20.8 Å². The molecular weight excluding hydrogens is 352 g/mol. The molecule has 0 heterocycles. The highest BCUT2D eigenvalue weighted by atomic mass is 16.4. The van der Waals surface area contributed by atoms with E-state index < -0.39 is 66.7 Å². The third-order valence-electron chi connectivity index (χ3n) is 3.39. The number of nitrogens with one attached hydrogen (secondary N) is 3. The van der Waals surface area contributed by atoms with E-state index in [-0.39, 0.29) is 0 Å². The van der Waals surface area contributed by atoms with E-state index in [2.05, 4.69) is 16.0 Å². The minimum Gasteiger partial charge on any atom is -0.480 e. The molecular formula is C14H26N4O8. The molecule has 0 radical (unpaired) electrons. The third kappa shape index (κ3) is 7.31. The van der Waals surface area contributed by atoms with Crippen LogP contribution in [0.2, 0.25) is 0 Å². The zero-order chi connectivity index (χ0) is 20.6. The Morgan fingerprint density at radius 1 is 0.846 bits per heavy atom. The first kappa shape index (κ1) is 23.7. The average molecular weight is 378 g/mol. The fourth-order valence-corrected chi connectivity index (χ4v) is 1.78. The molecule has 26 heavy (non-hydrogen) atoms. The molecule has 0 aliphatic heterocycles. The maximum absolute atomic E-state index is 12.2. The van der Waals surface area contributed by atoms with Crippen molar-refractivity contribution in [3.63, 3.8) is 0 Å². The van der Waals surface area contributed by atoms with Gasteiger partial charge >= 0.3 is 5.97 Å². The van der Waals surface area contributed by atoms with Gasteiger partial charge in [0.1, 0.15) is 18.1 Å². The Balaban J connectivity index is 4.94. The van der Waals surface area contributed by atoms with E-state index in [4.69, 9.17) is 15.9 Å². The standard InChI is InChI=1S/C14H26N4O8/c1-5(11(22)18-10(7(3)21)14(25)26)16-13(24)9(6(2)20)17-12(23)8(15)4-19/h5-10,19-21H,4,15H2,1-3H3,(H,16,24)(H,17,23)(H,18,22)(H,25,26). The quantitative estimate of drug-likeness (QED) is 0.184. The Labute approximate surface area is 149 Å². The van der Waals surface area contributed by atoms with Crippen LogP contribution in [0.4, 0.5) is 0 Å². The fourth-order valence-electron chi connectivity index (χ4n) is 1.78. The number of hydrogen-bond acceptors (Lipinski definition) is 8. The lowest BCUT2D eigenvalue weighted by Gasteiger charge is -2.25. The topological polar surface area (TPSA) is 211 Å². The summed E-state index contributed by atoms with van der Waals surface area (Å²) in [6.07, 6.45) is -2.71. The van der Waals surface area contributed by atoms with Crippen LogP contribution < -0.4 is 21.7 Å². The zero-order valence-electron chi connectivity index (χ0n) is 14.7. The Morgan fingerprint density at radius 2 is 1.31 bits per heavy atom. The van der Waals surface area contributed by atoms with E-state index >= 15 is 0 Å². The summed E-state index contributed by atoms with van der Waals surface area (Å²) in [6.45, 7) is 2.96. The minimum absolute atomic E-state index is 0.672. The molecule has 0 rings (SSSR count). The molecule has 0 aliphatic carbocycles. The summed E-state index contributed by atoms with van der Waals surface area (Å²) in [5.74, 6) is -4.16. The van der Waals surface area contributed by atoms with Gasteiger partial charge in [0.05, 0.1) is 18.8 Å². The number of carboxylic acid groups (broad SMARTS) is 1. The van der Waals surface area contributed by atoms with Crippen molar-refractivity contribution in [2.24, 2.45) is 5.73 Å². The molecule has 0 aromatic heterocycles. The highest BCUT2D eigenvalue weighted by molar-refractivity contribution is 5.94. The van der Waals surface area contributed by atoms with Crippen molar-refractivity contribution >= 4 is 23.7 Å². The van der Waals surface area contributed by atoms with Gasteiger partial charge in [-0.2, -0.15) is 0 Å². The monoisotopic (exact) mass is 378 g/mol. The number of hydrogen-bond donors (Lipinski definition) is 8. The molecule has 0 spiro atoms. The van der Waals surface area contributed by atoms with Crippen LogP contribution in [0.1, 0.15) is 20.8 Å². The predicted octanol–water partition coefficient (Wildman–Crippen LogP) is -4.37. The maximum atomic E-state index is 12.2. The Bertz CT molecular complexity index is 525. The summed E-state index contributed by atoms with van der Waals surface area (Å²) in [6, 6.07) is -5.56. The van der Waals surface area contributed by atoms with Crippen LogP contribution in [0.3, 0.4) is 0 Å². The number of aliphatic carboxylic acids is 1. The normalized spacial score (nSPS) is 17.8. The number of aliphatic hydroxyl groups excluding tert-OH is 3. The van der Waals surface area contributed by atoms with Crippen LogP contribution >= 0.6 is 0 Å². The first-order chi connectivity index (χ1) is 11.9. The van der Waals surface area contributed by atoms with Crippen molar-refractivity contribution in [1.82, 2.24) is 16.0 Å². The van der Waals surface area contributed by atoms with Crippen molar-refractivity contribution in [2.45, 2.75) is 57.1 Å². The number of aliphatic hydroxyl groups is 3. The summed E-state index contributed by atoms with van der Waals surface area (Å²) in [4.78, 5) is 46.7. The summed E-state index contributed by atoms with van der Waals surface area (Å²) >= 11 is 0. The summed E-state index contributed by atoms with van der Waals surface area (Å²) in [5.41, 5.74) is 5.31. The Kier molecular flexibility index (Phi) is 9.72. The Morgan fingerprint density at radius 3 is 1.69 bits per heavy atom. The van der Waals surface area contributed by atoms with Gasteiger partial charge in [0.15, 0.2) is 6.04 Å². The van der Waals surface area contributed by atoms with Crippen LogP contribution in [0.25, 0.3) is 0 Å². The largest absolute Gasteiger partial charge is 0.480 e. The molecule has 0 fully saturated rings. The van der Waals surface area contributed by atoms with Crippen LogP contribution in [0.5, 0.6) is 0 Å². The summed E-state index contributed by atoms with van der Waals surface area (Å²) in [5, 5.41) is 43.1. The number of nitrogens with two attached hydrogens (primary N) is 1. The fraction of sp³-hybridized carbons (Fsp3) is 0.714. The molecule has 0 aliphatic rings. The molecule has 0 saturated carbocycles. The molecule has 0 aromatic rings. The van der Waals surface area contributed by atoms with Gasteiger partial charge in [-0.25, -0.2) is 4.79 Å². The third-order valence-corrected chi connectivity index (χ3v) is 3.39. The first-order valence-corrected chi connectivity index (χ1v) is 7.78. The SMILES string of the molecule is CC(NC(=O)C(NC(=O)C(N)CO)C(C)O)C(=O)NC(C(=O)O)C(C)O. The minimum atomic E-state index is -1.57. The summed E-state index contributed by atoms with van der Waals surface area (Å²) in [7, 11) is 0. The van der Waals surface area contributed by atoms with Crippen LogP contribution in [0, 0.1) is 0 Å². The lowest BCUT2D eigenvalue weighted by atomic mass is 10.1. The van der Waals surface area contributed by atoms with Gasteiger partial charge in [-0.15, -0.1) is 0 Å². The number of rotatable bonds is 10. The van der Waals surface area contributed by atoms with Gasteiger partial charge in [0.25, 0.3) is 0 Å². The molecule has 0 saturated heterocycles. The first-order valence-electron chi connectivity index (χ1n) is 7.78. The van der Waals surface area contributed by atoms with E-state index in [1.54, 1.807) is 0 Å². The van der Waals surface area contributed by atoms with E-state index in [1.807, 2.05) is 0 Å². The lowest BCUT2D eigenvalue weighted by Crippen LogP contribution is -2.60. The van der Waals surface area contributed by atoms with Gasteiger partial charge < -0.3 is 42.1 Å². The van der Waals surface area contributed by atoms with Crippen LogP contribution in [-0.2, 0) is 19.2 Å². The van der Waals surface area contributed by atoms with Crippen molar-refractivity contribution in [1.29, 1.82) is 0 Å². The molecule has 12 nitrogen and oxygen atoms in total. The second-order valence-electron chi connectivity index (χ2n) is 5.81. The average Bonchev–Trinajstić information content (AvgIpc) is 2.54. The molecule has 0 aromatic carbocycles. The molecule has 150 valence electrons. The number of amides is 3. The second-order valence-corrected chi connectivity index (χ2v) is 5.81. The molecule has 3 amide bonds. The van der Waals surface area contributed by atoms with E-state index in [9.17, 15) is 29.4 Å². The van der Waals surface area contributed by atoms with Crippen molar-refractivity contribution in [3.05, 3.63) is 0 Å². The van der Waals surface area contributed by atoms with Gasteiger partial charge in [-0.1, -0.05) is 0 Å². The highest BCUT2D eigenvalue weighted by Gasteiger charge is 2.31. The Hall–Kier alpha value is -2.28. The van der Waals surface area contributed by atoms with Crippen LogP contribution in [-0.4, -0.2) is 87.1 Å². The second kappa shape index (κ2) is 10.7. The predicted molar refractivity (Wildman–Crippen MR) is 87.5 cm³/mol. The highest BCUT2D eigenvalue weighted by Crippen LogP contribution is 1.98. The molecule has 12 heteroatoms. The smallest absolute Gasteiger partial charge is 0.328 e. The number of carboxylic acids is 1. The van der Waals surface area contributed by atoms with Crippen molar-refractivity contribution in [2.75, 3.05) is 6.61 Å². The maximum Gasteiger partial charge on any atom is 0.328 e. The van der Waals surface area contributed by atoms with E-state index in [0.29, 0.717) is 0 Å². The molecule has 9 N–H and O–H groups in total. The van der Waals surface area contributed by atoms with Crippen molar-refractivity contribution in [3.8, 4) is 0 Å². The van der Waals surface area contributed by atoms with E-state index in [0.717, 1.165) is 0 Å². The summed E-state index contributed by atoms with van der Waals surface area (Å²) < 4.78 is 0. The van der Waals surface area contributed by atoms with Gasteiger partial charge in [0.2, 0.25) is 17.7 Å². The molecule has 0 bridgehead atoms.